The number of morpholine rings is 1. The van der Waals surface area contributed by atoms with Gasteiger partial charge in [0.05, 0.1) is 12.7 Å². The number of hydrogen-bond donors (Lipinski definition) is 1. The molecule has 0 saturated carbocycles. The summed E-state index contributed by atoms with van der Waals surface area (Å²) in [7, 11) is 1.83. The van der Waals surface area contributed by atoms with Crippen molar-refractivity contribution in [3.8, 4) is 0 Å². The predicted octanol–water partition coefficient (Wildman–Crippen LogP) is 1.44. The molecule has 1 fully saturated rings. The maximum atomic E-state index is 12.3. The number of nitrogens with one attached hydrogen (secondary N) is 1. The molecule has 1 amide bonds. The lowest BCUT2D eigenvalue weighted by Crippen LogP contribution is -2.55. The van der Waals surface area contributed by atoms with Gasteiger partial charge in [-0.25, -0.2) is 0 Å². The number of likely N-dealkylation sites (N-methyl/N-ethyl adjacent to an activating group) is 1. The Labute approximate surface area is 120 Å². The second-order valence-electron chi connectivity index (χ2n) is 4.69. The molecule has 1 aromatic carbocycles. The van der Waals surface area contributed by atoms with Crippen LogP contribution in [0.3, 0.4) is 0 Å². The number of nitrogens with zero attached hydrogens (tertiary/aromatic N) is 1. The van der Waals surface area contributed by atoms with E-state index in [2.05, 4.69) is 5.32 Å². The summed E-state index contributed by atoms with van der Waals surface area (Å²) in [4.78, 5) is 14.0. The van der Waals surface area contributed by atoms with E-state index in [4.69, 9.17) is 4.74 Å². The molecule has 5 heteroatoms. The second kappa shape index (κ2) is 7.48. The SMILES string of the molecule is C[C@H]1OCCN[C@@H]1C(=O)N(C)Cc1ccccc1.Cl. The molecule has 4 nitrogen and oxygen atoms in total. The van der Waals surface area contributed by atoms with Crippen LogP contribution in [0.5, 0.6) is 0 Å². The Kier molecular flexibility index (Phi) is 6.28. The van der Waals surface area contributed by atoms with E-state index in [-0.39, 0.29) is 30.5 Å². The van der Waals surface area contributed by atoms with E-state index >= 15 is 0 Å². The van der Waals surface area contributed by atoms with Crippen molar-refractivity contribution in [2.45, 2.75) is 25.6 Å². The maximum Gasteiger partial charge on any atom is 0.242 e. The lowest BCUT2D eigenvalue weighted by Gasteiger charge is -2.32. The summed E-state index contributed by atoms with van der Waals surface area (Å²) in [6.45, 7) is 3.98. The van der Waals surface area contributed by atoms with Crippen LogP contribution >= 0.6 is 12.4 Å². The minimum absolute atomic E-state index is 0. The smallest absolute Gasteiger partial charge is 0.242 e. The molecule has 1 N–H and O–H groups in total. The quantitative estimate of drug-likeness (QED) is 0.913. The summed E-state index contributed by atoms with van der Waals surface area (Å²) in [5.74, 6) is 0.0889. The average molecular weight is 285 g/mol. The molecule has 0 bridgehead atoms. The van der Waals surface area contributed by atoms with Gasteiger partial charge in [0.2, 0.25) is 5.91 Å². The third-order valence-corrected chi connectivity index (χ3v) is 3.22. The largest absolute Gasteiger partial charge is 0.375 e. The number of amides is 1. The van der Waals surface area contributed by atoms with Gasteiger partial charge in [0, 0.05) is 20.1 Å². The van der Waals surface area contributed by atoms with Crippen LogP contribution in [0.1, 0.15) is 12.5 Å². The summed E-state index contributed by atoms with van der Waals surface area (Å²) >= 11 is 0. The molecule has 0 spiro atoms. The third kappa shape index (κ3) is 4.20. The van der Waals surface area contributed by atoms with Gasteiger partial charge in [0.25, 0.3) is 0 Å². The van der Waals surface area contributed by atoms with Gasteiger partial charge in [-0.15, -0.1) is 12.4 Å². The fourth-order valence-electron chi connectivity index (χ4n) is 2.18. The zero-order valence-electron chi connectivity index (χ0n) is 11.3. The lowest BCUT2D eigenvalue weighted by molar-refractivity contribution is -0.138. The van der Waals surface area contributed by atoms with Crippen LogP contribution in [-0.4, -0.2) is 43.2 Å². The van der Waals surface area contributed by atoms with Crippen LogP contribution in [0.15, 0.2) is 30.3 Å². The zero-order chi connectivity index (χ0) is 13.0. The highest BCUT2D eigenvalue weighted by Crippen LogP contribution is 2.09. The Bertz CT molecular complexity index is 400. The summed E-state index contributed by atoms with van der Waals surface area (Å²) in [5, 5.41) is 3.22. The molecular formula is C14H21ClN2O2. The normalized spacial score (nSPS) is 22.4. The van der Waals surface area contributed by atoms with Crippen LogP contribution in [0, 0.1) is 0 Å². The first-order valence-corrected chi connectivity index (χ1v) is 6.32. The molecule has 1 aliphatic rings. The fraction of sp³-hybridized carbons (Fsp3) is 0.500. The van der Waals surface area contributed by atoms with Crippen LogP contribution in [0.25, 0.3) is 0 Å². The van der Waals surface area contributed by atoms with Crippen LogP contribution in [0.2, 0.25) is 0 Å². The molecule has 0 unspecified atom stereocenters. The monoisotopic (exact) mass is 284 g/mol. The van der Waals surface area contributed by atoms with E-state index in [0.29, 0.717) is 13.2 Å². The standard InChI is InChI=1S/C14H20N2O2.ClH/c1-11-13(15-8-9-18-11)14(17)16(2)10-12-6-4-3-5-7-12;/h3-7,11,13,15H,8-10H2,1-2H3;1H/t11-,13+;/m1./s1. The molecule has 19 heavy (non-hydrogen) atoms. The van der Waals surface area contributed by atoms with Crippen molar-refractivity contribution in [2.75, 3.05) is 20.2 Å². The Hall–Kier alpha value is -1.10. The first-order valence-electron chi connectivity index (χ1n) is 6.32. The highest BCUT2D eigenvalue weighted by molar-refractivity contribution is 5.85. The van der Waals surface area contributed by atoms with Gasteiger partial charge < -0.3 is 15.0 Å². The number of hydrogen-bond acceptors (Lipinski definition) is 3. The van der Waals surface area contributed by atoms with Gasteiger partial charge in [-0.3, -0.25) is 4.79 Å². The van der Waals surface area contributed by atoms with Gasteiger partial charge in [-0.1, -0.05) is 30.3 Å². The van der Waals surface area contributed by atoms with Gasteiger partial charge in [0.1, 0.15) is 6.04 Å². The van der Waals surface area contributed by atoms with Gasteiger partial charge in [-0.05, 0) is 12.5 Å². The molecule has 2 atom stereocenters. The molecule has 0 radical (unpaired) electrons. The van der Waals surface area contributed by atoms with Crippen molar-refractivity contribution >= 4 is 18.3 Å². The topological polar surface area (TPSA) is 41.6 Å². The van der Waals surface area contributed by atoms with E-state index in [9.17, 15) is 4.79 Å². The van der Waals surface area contributed by atoms with E-state index in [0.717, 1.165) is 12.1 Å². The number of rotatable bonds is 3. The summed E-state index contributed by atoms with van der Waals surface area (Å²) < 4.78 is 5.50. The molecule has 1 saturated heterocycles. The number of benzene rings is 1. The first-order chi connectivity index (χ1) is 8.68. The van der Waals surface area contributed by atoms with E-state index in [1.54, 1.807) is 4.90 Å². The number of carbonyl (C=O) groups excluding carboxylic acids is 1. The predicted molar refractivity (Wildman–Crippen MR) is 77.4 cm³/mol. The van der Waals surface area contributed by atoms with Gasteiger partial charge >= 0.3 is 0 Å². The van der Waals surface area contributed by atoms with Crippen molar-refractivity contribution in [3.05, 3.63) is 35.9 Å². The Morgan fingerprint density at radius 2 is 2.11 bits per heavy atom. The number of carbonyl (C=O) groups is 1. The highest BCUT2D eigenvalue weighted by atomic mass is 35.5. The Balaban J connectivity index is 0.00000180. The number of ether oxygens (including phenoxy) is 1. The molecule has 0 aromatic heterocycles. The minimum atomic E-state index is -0.229. The average Bonchev–Trinajstić information content (AvgIpc) is 2.39. The van der Waals surface area contributed by atoms with Crippen LogP contribution in [-0.2, 0) is 16.1 Å². The maximum absolute atomic E-state index is 12.3. The Morgan fingerprint density at radius 3 is 2.74 bits per heavy atom. The van der Waals surface area contributed by atoms with E-state index in [1.165, 1.54) is 0 Å². The molecular weight excluding hydrogens is 264 g/mol. The van der Waals surface area contributed by atoms with E-state index < -0.39 is 0 Å². The third-order valence-electron chi connectivity index (χ3n) is 3.22. The lowest BCUT2D eigenvalue weighted by atomic mass is 10.1. The van der Waals surface area contributed by atoms with Gasteiger partial charge in [0.15, 0.2) is 0 Å². The van der Waals surface area contributed by atoms with Crippen molar-refractivity contribution in [1.29, 1.82) is 0 Å². The second-order valence-corrected chi connectivity index (χ2v) is 4.69. The first kappa shape index (κ1) is 16.0. The molecule has 1 aliphatic heterocycles. The Morgan fingerprint density at radius 1 is 1.42 bits per heavy atom. The van der Waals surface area contributed by atoms with Crippen molar-refractivity contribution in [2.24, 2.45) is 0 Å². The summed E-state index contributed by atoms with van der Waals surface area (Å²) in [6.07, 6.45) is -0.0653. The van der Waals surface area contributed by atoms with Crippen LogP contribution in [0.4, 0.5) is 0 Å². The molecule has 0 aliphatic carbocycles. The molecule has 106 valence electrons. The molecule has 1 aromatic rings. The molecule has 2 rings (SSSR count). The van der Waals surface area contributed by atoms with Crippen LogP contribution < -0.4 is 5.32 Å². The number of halogens is 1. The van der Waals surface area contributed by atoms with E-state index in [1.807, 2.05) is 44.3 Å². The van der Waals surface area contributed by atoms with Crippen molar-refractivity contribution in [1.82, 2.24) is 10.2 Å². The highest BCUT2D eigenvalue weighted by Gasteiger charge is 2.30. The van der Waals surface area contributed by atoms with Gasteiger partial charge in [-0.2, -0.15) is 0 Å². The summed E-state index contributed by atoms with van der Waals surface area (Å²) in [6, 6.07) is 9.77. The zero-order valence-corrected chi connectivity index (χ0v) is 12.2. The fourth-order valence-corrected chi connectivity index (χ4v) is 2.18. The minimum Gasteiger partial charge on any atom is -0.375 e. The summed E-state index contributed by atoms with van der Waals surface area (Å²) in [5.41, 5.74) is 1.14. The van der Waals surface area contributed by atoms with Crippen molar-refractivity contribution in [3.63, 3.8) is 0 Å². The van der Waals surface area contributed by atoms with Crippen molar-refractivity contribution < 1.29 is 9.53 Å². The molecule has 1 heterocycles.